The Labute approximate surface area is 62.3 Å². The Morgan fingerprint density at radius 1 is 1.70 bits per heavy atom. The summed E-state index contributed by atoms with van der Waals surface area (Å²) >= 11 is 0. The van der Waals surface area contributed by atoms with Crippen molar-refractivity contribution in [2.45, 2.75) is 20.3 Å². The molecular formula is C8H14N2. The molecule has 0 spiro atoms. The Bertz CT molecular complexity index is 159. The Morgan fingerprint density at radius 3 is 3.10 bits per heavy atom. The van der Waals surface area contributed by atoms with E-state index in [2.05, 4.69) is 29.8 Å². The fourth-order valence-corrected chi connectivity index (χ4v) is 1.07. The van der Waals surface area contributed by atoms with E-state index in [-0.39, 0.29) is 0 Å². The van der Waals surface area contributed by atoms with Crippen LogP contribution in [-0.2, 0) is 0 Å². The second-order valence-electron chi connectivity index (χ2n) is 2.51. The predicted octanol–water partition coefficient (Wildman–Crippen LogP) is 1.64. The van der Waals surface area contributed by atoms with Crippen LogP contribution in [0.15, 0.2) is 17.3 Å². The summed E-state index contributed by atoms with van der Waals surface area (Å²) < 4.78 is 0. The first-order chi connectivity index (χ1) is 4.84. The van der Waals surface area contributed by atoms with Gasteiger partial charge in [0.1, 0.15) is 5.84 Å². The minimum absolute atomic E-state index is 1.03. The fraction of sp³-hybridized carbons (Fsp3) is 0.625. The number of aliphatic imine (C=N–C) groups is 1. The zero-order chi connectivity index (χ0) is 7.40. The van der Waals surface area contributed by atoms with Gasteiger partial charge >= 0.3 is 0 Å². The quantitative estimate of drug-likeness (QED) is 0.566. The number of amidine groups is 1. The first-order valence-electron chi connectivity index (χ1n) is 3.79. The van der Waals surface area contributed by atoms with Crippen molar-refractivity contribution < 1.29 is 0 Å². The average molecular weight is 138 g/mol. The van der Waals surface area contributed by atoms with E-state index in [1.165, 1.54) is 6.42 Å². The van der Waals surface area contributed by atoms with Crippen molar-refractivity contribution in [3.63, 3.8) is 0 Å². The molecule has 0 atom stereocenters. The normalized spacial score (nSPS) is 17.4. The van der Waals surface area contributed by atoms with Gasteiger partial charge in [-0.2, -0.15) is 0 Å². The van der Waals surface area contributed by atoms with Gasteiger partial charge in [0.15, 0.2) is 0 Å². The number of rotatable bonds is 2. The highest BCUT2D eigenvalue weighted by Gasteiger charge is 2.04. The van der Waals surface area contributed by atoms with Crippen LogP contribution in [0.1, 0.15) is 20.3 Å². The summed E-state index contributed by atoms with van der Waals surface area (Å²) in [7, 11) is 0. The van der Waals surface area contributed by atoms with Crippen molar-refractivity contribution in [3.8, 4) is 0 Å². The van der Waals surface area contributed by atoms with Crippen molar-refractivity contribution in [1.29, 1.82) is 0 Å². The van der Waals surface area contributed by atoms with E-state index in [1.807, 2.05) is 6.20 Å². The third kappa shape index (κ3) is 1.59. The van der Waals surface area contributed by atoms with Crippen LogP contribution < -0.4 is 0 Å². The van der Waals surface area contributed by atoms with Crippen molar-refractivity contribution in [3.05, 3.63) is 12.3 Å². The van der Waals surface area contributed by atoms with Gasteiger partial charge in [0.25, 0.3) is 0 Å². The maximum absolute atomic E-state index is 4.19. The molecule has 0 fully saturated rings. The van der Waals surface area contributed by atoms with Gasteiger partial charge in [0, 0.05) is 19.3 Å². The zero-order valence-electron chi connectivity index (χ0n) is 6.67. The molecule has 0 aliphatic carbocycles. The highest BCUT2D eigenvalue weighted by molar-refractivity contribution is 5.81. The molecule has 0 amide bonds. The van der Waals surface area contributed by atoms with Gasteiger partial charge in [-0.3, -0.25) is 0 Å². The third-order valence-corrected chi connectivity index (χ3v) is 1.64. The second kappa shape index (κ2) is 3.40. The Kier molecular flexibility index (Phi) is 2.49. The monoisotopic (exact) mass is 138 g/mol. The van der Waals surface area contributed by atoms with E-state index in [4.69, 9.17) is 0 Å². The number of nitrogens with zero attached hydrogens (tertiary/aromatic N) is 2. The molecule has 0 saturated carbocycles. The summed E-state index contributed by atoms with van der Waals surface area (Å²) in [5.41, 5.74) is 0. The van der Waals surface area contributed by atoms with Crippen LogP contribution in [-0.4, -0.2) is 23.8 Å². The second-order valence-corrected chi connectivity index (χ2v) is 2.51. The van der Waals surface area contributed by atoms with Crippen molar-refractivity contribution in [2.75, 3.05) is 13.1 Å². The lowest BCUT2D eigenvalue weighted by atomic mass is 10.3. The van der Waals surface area contributed by atoms with Crippen LogP contribution in [0.4, 0.5) is 0 Å². The minimum atomic E-state index is 1.03. The Balaban J connectivity index is 2.47. The van der Waals surface area contributed by atoms with Crippen LogP contribution >= 0.6 is 0 Å². The lowest BCUT2D eigenvalue weighted by molar-refractivity contribution is 0.452. The lowest BCUT2D eigenvalue weighted by Crippen LogP contribution is -2.31. The predicted molar refractivity (Wildman–Crippen MR) is 44.1 cm³/mol. The van der Waals surface area contributed by atoms with Gasteiger partial charge < -0.3 is 4.90 Å². The van der Waals surface area contributed by atoms with E-state index >= 15 is 0 Å². The molecule has 2 heteroatoms. The summed E-state index contributed by atoms with van der Waals surface area (Å²) in [5.74, 6) is 1.14. The Hall–Kier alpha value is -0.790. The van der Waals surface area contributed by atoms with Crippen LogP contribution in [0, 0.1) is 0 Å². The maximum atomic E-state index is 4.19. The first kappa shape index (κ1) is 7.32. The molecule has 0 radical (unpaired) electrons. The van der Waals surface area contributed by atoms with Crippen LogP contribution in [0.5, 0.6) is 0 Å². The molecule has 0 aromatic rings. The van der Waals surface area contributed by atoms with Crippen molar-refractivity contribution >= 4 is 5.84 Å². The number of hydrogen-bond donors (Lipinski definition) is 0. The van der Waals surface area contributed by atoms with Crippen LogP contribution in [0.3, 0.4) is 0 Å². The SMILES string of the molecule is CCCN1CC=CN=C1C. The minimum Gasteiger partial charge on any atom is -0.357 e. The zero-order valence-corrected chi connectivity index (χ0v) is 6.67. The molecule has 1 heterocycles. The molecule has 0 unspecified atom stereocenters. The summed E-state index contributed by atoms with van der Waals surface area (Å²) in [4.78, 5) is 6.47. The molecule has 0 bridgehead atoms. The summed E-state index contributed by atoms with van der Waals surface area (Å²) in [6.07, 6.45) is 5.16. The van der Waals surface area contributed by atoms with Gasteiger partial charge in [0.2, 0.25) is 0 Å². The fourth-order valence-electron chi connectivity index (χ4n) is 1.07. The maximum Gasteiger partial charge on any atom is 0.101 e. The van der Waals surface area contributed by atoms with Gasteiger partial charge in [0.05, 0.1) is 0 Å². The molecule has 2 nitrogen and oxygen atoms in total. The number of hydrogen-bond acceptors (Lipinski definition) is 2. The van der Waals surface area contributed by atoms with E-state index in [9.17, 15) is 0 Å². The molecule has 0 aromatic heterocycles. The smallest absolute Gasteiger partial charge is 0.101 e. The van der Waals surface area contributed by atoms with E-state index in [1.54, 1.807) is 0 Å². The van der Waals surface area contributed by atoms with E-state index in [0.717, 1.165) is 18.9 Å². The summed E-state index contributed by atoms with van der Waals surface area (Å²) in [6.45, 7) is 6.40. The van der Waals surface area contributed by atoms with E-state index in [0.29, 0.717) is 0 Å². The highest BCUT2D eigenvalue weighted by Crippen LogP contribution is 2.00. The molecule has 0 N–H and O–H groups in total. The topological polar surface area (TPSA) is 15.6 Å². The van der Waals surface area contributed by atoms with Gasteiger partial charge in [-0.05, 0) is 19.4 Å². The standard InChI is InChI=1S/C8H14N2/c1-3-6-10-7-4-5-9-8(10)2/h4-5H,3,6-7H2,1-2H3. The third-order valence-electron chi connectivity index (χ3n) is 1.64. The average Bonchev–Trinajstić information content (AvgIpc) is 1.94. The van der Waals surface area contributed by atoms with Crippen molar-refractivity contribution in [1.82, 2.24) is 4.90 Å². The molecule has 1 aliphatic rings. The van der Waals surface area contributed by atoms with E-state index < -0.39 is 0 Å². The molecular weight excluding hydrogens is 124 g/mol. The molecule has 1 rings (SSSR count). The van der Waals surface area contributed by atoms with Crippen LogP contribution in [0.2, 0.25) is 0 Å². The van der Waals surface area contributed by atoms with Crippen LogP contribution in [0.25, 0.3) is 0 Å². The first-order valence-corrected chi connectivity index (χ1v) is 3.79. The molecule has 0 saturated heterocycles. The van der Waals surface area contributed by atoms with Gasteiger partial charge in [-0.15, -0.1) is 0 Å². The lowest BCUT2D eigenvalue weighted by Gasteiger charge is -2.23. The molecule has 10 heavy (non-hydrogen) atoms. The largest absolute Gasteiger partial charge is 0.357 e. The summed E-state index contributed by atoms with van der Waals surface area (Å²) in [6, 6.07) is 0. The molecule has 0 aromatic carbocycles. The van der Waals surface area contributed by atoms with Crippen molar-refractivity contribution in [2.24, 2.45) is 4.99 Å². The highest BCUT2D eigenvalue weighted by atomic mass is 15.2. The molecule has 56 valence electrons. The van der Waals surface area contributed by atoms with Gasteiger partial charge in [-0.25, -0.2) is 4.99 Å². The Morgan fingerprint density at radius 2 is 2.50 bits per heavy atom. The van der Waals surface area contributed by atoms with Gasteiger partial charge in [-0.1, -0.05) is 6.92 Å². The molecule has 1 aliphatic heterocycles. The summed E-state index contributed by atoms with van der Waals surface area (Å²) in [5, 5.41) is 0.